The number of amides is 1. The van der Waals surface area contributed by atoms with Crippen molar-refractivity contribution < 1.29 is 9.90 Å². The second kappa shape index (κ2) is 7.21. The number of carbonyl (C=O) groups is 1. The Morgan fingerprint density at radius 2 is 2.29 bits per heavy atom. The Morgan fingerprint density at radius 1 is 1.48 bits per heavy atom. The molecule has 1 unspecified atom stereocenters. The lowest BCUT2D eigenvalue weighted by Crippen LogP contribution is -2.52. The molecule has 1 aliphatic rings. The van der Waals surface area contributed by atoms with Crippen LogP contribution in [-0.2, 0) is 0 Å². The minimum Gasteiger partial charge on any atom is -0.395 e. The Balaban J connectivity index is 2.13. The zero-order valence-corrected chi connectivity index (χ0v) is 12.5. The van der Waals surface area contributed by atoms with Gasteiger partial charge in [0.1, 0.15) is 0 Å². The molecular weight excluding hydrogens is 266 g/mol. The molecule has 2 rings (SSSR count). The molecule has 1 amide bonds. The summed E-state index contributed by atoms with van der Waals surface area (Å²) in [6.45, 7) is 4.61. The number of aliphatic hydroxyl groups is 1. The first-order valence-electron chi connectivity index (χ1n) is 7.16. The van der Waals surface area contributed by atoms with E-state index in [-0.39, 0.29) is 18.6 Å². The summed E-state index contributed by atoms with van der Waals surface area (Å²) < 4.78 is 0. The molecule has 5 heteroatoms. The number of nitrogens with zero attached hydrogens (tertiary/aromatic N) is 3. The third-order valence-electron chi connectivity index (χ3n) is 3.55. The van der Waals surface area contributed by atoms with Gasteiger partial charge in [0.15, 0.2) is 0 Å². The van der Waals surface area contributed by atoms with Gasteiger partial charge in [-0.1, -0.05) is 11.8 Å². The fourth-order valence-electron chi connectivity index (χ4n) is 2.45. The van der Waals surface area contributed by atoms with Crippen LogP contribution >= 0.6 is 0 Å². The van der Waals surface area contributed by atoms with Crippen LogP contribution in [0.15, 0.2) is 18.5 Å². The van der Waals surface area contributed by atoms with Crippen LogP contribution in [0.5, 0.6) is 0 Å². The normalized spacial score (nSPS) is 19.0. The average molecular weight is 287 g/mol. The molecule has 112 valence electrons. The van der Waals surface area contributed by atoms with E-state index in [1.165, 1.54) is 0 Å². The molecule has 2 heterocycles. The molecule has 0 aliphatic carbocycles. The van der Waals surface area contributed by atoms with Crippen LogP contribution in [0.4, 0.5) is 0 Å². The average Bonchev–Trinajstić information content (AvgIpc) is 2.47. The summed E-state index contributed by atoms with van der Waals surface area (Å²) in [5, 5.41) is 8.72. The number of aliphatic hydroxyl groups excluding tert-OH is 1. The Hall–Kier alpha value is -1.90. The van der Waals surface area contributed by atoms with Crippen molar-refractivity contribution in [1.82, 2.24) is 14.8 Å². The highest BCUT2D eigenvalue weighted by Crippen LogP contribution is 2.13. The quantitative estimate of drug-likeness (QED) is 0.809. The third kappa shape index (κ3) is 4.03. The first-order chi connectivity index (χ1) is 10.1. The third-order valence-corrected chi connectivity index (χ3v) is 3.55. The van der Waals surface area contributed by atoms with E-state index in [0.29, 0.717) is 17.5 Å². The topological polar surface area (TPSA) is 56.7 Å². The van der Waals surface area contributed by atoms with Gasteiger partial charge >= 0.3 is 0 Å². The van der Waals surface area contributed by atoms with Crippen molar-refractivity contribution in [1.29, 1.82) is 0 Å². The Kier molecular flexibility index (Phi) is 5.32. The molecule has 1 saturated heterocycles. The molecule has 0 spiro atoms. The molecular formula is C16H21N3O2. The van der Waals surface area contributed by atoms with Crippen LogP contribution in [0.3, 0.4) is 0 Å². The van der Waals surface area contributed by atoms with Gasteiger partial charge in [0.2, 0.25) is 0 Å². The first-order valence-corrected chi connectivity index (χ1v) is 7.16. The maximum Gasteiger partial charge on any atom is 0.255 e. The van der Waals surface area contributed by atoms with E-state index in [4.69, 9.17) is 5.11 Å². The maximum atomic E-state index is 12.6. The molecule has 0 bridgehead atoms. The van der Waals surface area contributed by atoms with Gasteiger partial charge in [-0.2, -0.15) is 0 Å². The Morgan fingerprint density at radius 3 is 3.00 bits per heavy atom. The number of carbonyl (C=O) groups excluding carboxylic acids is 1. The molecule has 1 N–H and O–H groups in total. The zero-order valence-electron chi connectivity index (χ0n) is 12.5. The minimum atomic E-state index is 0.00825. The van der Waals surface area contributed by atoms with Gasteiger partial charge in [-0.3, -0.25) is 9.78 Å². The lowest BCUT2D eigenvalue weighted by molar-refractivity contribution is 0.0533. The summed E-state index contributed by atoms with van der Waals surface area (Å²) in [6.07, 6.45) is 3.65. The molecule has 1 aliphatic heterocycles. The van der Waals surface area contributed by atoms with Crippen LogP contribution in [0.1, 0.15) is 29.3 Å². The Bertz CT molecular complexity index is 562. The van der Waals surface area contributed by atoms with E-state index in [9.17, 15) is 4.79 Å². The number of hydrogen-bond acceptors (Lipinski definition) is 4. The molecule has 0 saturated carbocycles. The van der Waals surface area contributed by atoms with E-state index < -0.39 is 0 Å². The number of hydrogen-bond donors (Lipinski definition) is 1. The monoisotopic (exact) mass is 287 g/mol. The predicted octanol–water partition coefficient (Wildman–Crippen LogP) is 0.592. The number of pyridine rings is 1. The van der Waals surface area contributed by atoms with Gasteiger partial charge < -0.3 is 14.9 Å². The van der Waals surface area contributed by atoms with Crippen LogP contribution < -0.4 is 0 Å². The fourth-order valence-corrected chi connectivity index (χ4v) is 2.45. The molecule has 0 radical (unpaired) electrons. The van der Waals surface area contributed by atoms with Crippen molar-refractivity contribution >= 4 is 5.91 Å². The summed E-state index contributed by atoms with van der Waals surface area (Å²) >= 11 is 0. The maximum absolute atomic E-state index is 12.6. The highest BCUT2D eigenvalue weighted by molar-refractivity contribution is 5.94. The van der Waals surface area contributed by atoms with Crippen molar-refractivity contribution in [3.63, 3.8) is 0 Å². The van der Waals surface area contributed by atoms with E-state index in [1.54, 1.807) is 18.5 Å². The number of rotatable bonds is 2. The fraction of sp³-hybridized carbons (Fsp3) is 0.500. The molecule has 0 aromatic carbocycles. The molecule has 1 aromatic rings. The lowest BCUT2D eigenvalue weighted by Gasteiger charge is -2.38. The van der Waals surface area contributed by atoms with Crippen molar-refractivity contribution in [2.24, 2.45) is 0 Å². The van der Waals surface area contributed by atoms with Crippen molar-refractivity contribution in [3.8, 4) is 11.8 Å². The van der Waals surface area contributed by atoms with Crippen LogP contribution in [-0.4, -0.2) is 65.1 Å². The van der Waals surface area contributed by atoms with Crippen molar-refractivity contribution in [3.05, 3.63) is 29.6 Å². The molecule has 5 nitrogen and oxygen atoms in total. The van der Waals surface area contributed by atoms with Crippen molar-refractivity contribution in [2.45, 2.75) is 19.4 Å². The smallest absolute Gasteiger partial charge is 0.255 e. The molecule has 1 fully saturated rings. The van der Waals surface area contributed by atoms with Crippen LogP contribution in [0, 0.1) is 11.8 Å². The summed E-state index contributed by atoms with van der Waals surface area (Å²) in [7, 11) is 2.07. The van der Waals surface area contributed by atoms with Gasteiger partial charge in [-0.05, 0) is 20.0 Å². The van der Waals surface area contributed by atoms with E-state index in [2.05, 4.69) is 35.7 Å². The number of likely N-dealkylation sites (N-methyl/N-ethyl adjacent to an activating group) is 1. The first kappa shape index (κ1) is 15.5. The molecule has 1 atom stereocenters. The summed E-state index contributed by atoms with van der Waals surface area (Å²) in [6, 6.07) is 1.96. The SMILES string of the molecule is CC1CN(C)CCN1C(=O)c1cncc(C#CCCO)c1. The Labute approximate surface area is 125 Å². The van der Waals surface area contributed by atoms with Gasteiger partial charge in [0, 0.05) is 50.1 Å². The van der Waals surface area contributed by atoms with Crippen LogP contribution in [0.2, 0.25) is 0 Å². The van der Waals surface area contributed by atoms with Crippen LogP contribution in [0.25, 0.3) is 0 Å². The second-order valence-corrected chi connectivity index (χ2v) is 5.35. The number of aromatic nitrogens is 1. The van der Waals surface area contributed by atoms with E-state index in [0.717, 1.165) is 19.6 Å². The second-order valence-electron chi connectivity index (χ2n) is 5.35. The summed E-state index contributed by atoms with van der Waals surface area (Å²) in [5.74, 6) is 5.76. The number of piperazine rings is 1. The van der Waals surface area contributed by atoms with Crippen molar-refractivity contribution in [2.75, 3.05) is 33.3 Å². The van der Waals surface area contributed by atoms with Gasteiger partial charge in [0.25, 0.3) is 5.91 Å². The minimum absolute atomic E-state index is 0.00825. The predicted molar refractivity (Wildman–Crippen MR) is 80.8 cm³/mol. The highest BCUT2D eigenvalue weighted by Gasteiger charge is 2.26. The molecule has 1 aromatic heterocycles. The van der Waals surface area contributed by atoms with E-state index >= 15 is 0 Å². The largest absolute Gasteiger partial charge is 0.395 e. The standard InChI is InChI=1S/C16H21N3O2/c1-13-12-18(2)6-7-19(13)16(21)15-9-14(10-17-11-15)5-3-4-8-20/h9-11,13,20H,4,6-8,12H2,1-2H3. The van der Waals surface area contributed by atoms with E-state index in [1.807, 2.05) is 4.90 Å². The van der Waals surface area contributed by atoms with Gasteiger partial charge in [-0.25, -0.2) is 0 Å². The van der Waals surface area contributed by atoms with Gasteiger partial charge in [-0.15, -0.1) is 0 Å². The molecule has 21 heavy (non-hydrogen) atoms. The summed E-state index contributed by atoms with van der Waals surface area (Å²) in [5.41, 5.74) is 1.28. The summed E-state index contributed by atoms with van der Waals surface area (Å²) in [4.78, 5) is 20.8. The highest BCUT2D eigenvalue weighted by atomic mass is 16.2. The van der Waals surface area contributed by atoms with Gasteiger partial charge in [0.05, 0.1) is 12.2 Å². The zero-order chi connectivity index (χ0) is 15.2. The lowest BCUT2D eigenvalue weighted by atomic mass is 10.1.